The molecule has 0 amide bonds. The average molecular weight is 387 g/mol. The van der Waals surface area contributed by atoms with Gasteiger partial charge in [-0.15, -0.1) is 0 Å². The zero-order chi connectivity index (χ0) is 21.0. The highest BCUT2D eigenvalue weighted by atomic mass is 16.6. The molecule has 2 nitrogen and oxygen atoms in total. The highest BCUT2D eigenvalue weighted by Crippen LogP contribution is 2.46. The van der Waals surface area contributed by atoms with Gasteiger partial charge in [-0.2, -0.15) is 0 Å². The fourth-order valence-electron chi connectivity index (χ4n) is 4.32. The van der Waals surface area contributed by atoms with Crippen molar-refractivity contribution < 1.29 is 9.53 Å². The molecule has 0 saturated heterocycles. The van der Waals surface area contributed by atoms with E-state index in [4.69, 9.17) is 4.74 Å². The van der Waals surface area contributed by atoms with E-state index in [2.05, 4.69) is 60.6 Å². The number of esters is 1. The number of hydrogen-bond donors (Lipinski definition) is 0. The lowest BCUT2D eigenvalue weighted by molar-refractivity contribution is -0.0269. The monoisotopic (exact) mass is 386 g/mol. The van der Waals surface area contributed by atoms with Gasteiger partial charge in [-0.3, -0.25) is 0 Å². The third kappa shape index (κ3) is 5.84. The second-order valence-corrected chi connectivity index (χ2v) is 10.6. The van der Waals surface area contributed by atoms with E-state index in [9.17, 15) is 4.79 Å². The van der Waals surface area contributed by atoms with E-state index in [0.717, 1.165) is 38.5 Å². The van der Waals surface area contributed by atoms with Gasteiger partial charge < -0.3 is 4.74 Å². The van der Waals surface area contributed by atoms with Crippen LogP contribution in [0.1, 0.15) is 122 Å². The van der Waals surface area contributed by atoms with Gasteiger partial charge in [0.15, 0.2) is 0 Å². The van der Waals surface area contributed by atoms with E-state index in [0.29, 0.717) is 16.9 Å². The van der Waals surface area contributed by atoms with E-state index in [1.54, 1.807) is 0 Å². The van der Waals surface area contributed by atoms with Crippen molar-refractivity contribution in [1.29, 1.82) is 0 Å². The first-order valence-electron chi connectivity index (χ1n) is 11.4. The second-order valence-electron chi connectivity index (χ2n) is 10.6. The van der Waals surface area contributed by atoms with Crippen LogP contribution in [0.25, 0.3) is 0 Å². The van der Waals surface area contributed by atoms with Crippen LogP contribution in [0.15, 0.2) is 24.3 Å². The van der Waals surface area contributed by atoms with Crippen LogP contribution in [0.4, 0.5) is 0 Å². The summed E-state index contributed by atoms with van der Waals surface area (Å²) in [6, 6.07) is 8.27. The molecule has 1 aliphatic carbocycles. The van der Waals surface area contributed by atoms with Crippen molar-refractivity contribution in [2.24, 2.45) is 10.8 Å². The molecule has 2 rings (SSSR count). The summed E-state index contributed by atoms with van der Waals surface area (Å²) in [5.41, 5.74) is 2.27. The number of carbonyl (C=O) groups excluding carboxylic acids is 1. The molecule has 1 saturated carbocycles. The van der Waals surface area contributed by atoms with Crippen LogP contribution in [-0.4, -0.2) is 11.6 Å². The topological polar surface area (TPSA) is 26.3 Å². The molecule has 0 spiro atoms. The van der Waals surface area contributed by atoms with Crippen molar-refractivity contribution in [2.45, 2.75) is 111 Å². The Kier molecular flexibility index (Phi) is 7.39. The first-order chi connectivity index (χ1) is 13.0. The summed E-state index contributed by atoms with van der Waals surface area (Å²) in [7, 11) is 0. The minimum absolute atomic E-state index is 0.170. The van der Waals surface area contributed by atoms with Crippen LogP contribution < -0.4 is 0 Å². The average Bonchev–Trinajstić information content (AvgIpc) is 2.66. The lowest BCUT2D eigenvalue weighted by Gasteiger charge is -2.39. The van der Waals surface area contributed by atoms with Crippen molar-refractivity contribution in [3.63, 3.8) is 0 Å². The summed E-state index contributed by atoms with van der Waals surface area (Å²) in [6.45, 7) is 16.1. The lowest BCUT2D eigenvalue weighted by atomic mass is 9.66. The minimum Gasteiger partial charge on any atom is -0.456 e. The van der Waals surface area contributed by atoms with E-state index in [-0.39, 0.29) is 17.0 Å². The molecule has 28 heavy (non-hydrogen) atoms. The Balaban J connectivity index is 2.18. The molecular formula is C26H42O2. The Bertz CT molecular complexity index is 633. The molecule has 158 valence electrons. The summed E-state index contributed by atoms with van der Waals surface area (Å²) in [5.74, 6) is 0.310. The van der Waals surface area contributed by atoms with Gasteiger partial charge in [0.25, 0.3) is 0 Å². The van der Waals surface area contributed by atoms with E-state index in [1.165, 1.54) is 18.4 Å². The van der Waals surface area contributed by atoms with E-state index in [1.807, 2.05) is 12.1 Å². The zero-order valence-corrected chi connectivity index (χ0v) is 19.4. The highest BCUT2D eigenvalue weighted by Gasteiger charge is 2.34. The fraction of sp³-hybridized carbons (Fsp3) is 0.731. The Labute approximate surface area is 173 Å². The molecule has 1 aliphatic rings. The number of hydrogen-bond acceptors (Lipinski definition) is 2. The van der Waals surface area contributed by atoms with Crippen molar-refractivity contribution in [2.75, 3.05) is 0 Å². The molecule has 1 unspecified atom stereocenters. The highest BCUT2D eigenvalue weighted by molar-refractivity contribution is 5.89. The SMILES string of the molecule is CCC(C)(C)CC(c1ccc(C(=O)OC2(C)CCCCC2)cc1)C(C)(C)CC. The van der Waals surface area contributed by atoms with Crippen LogP contribution in [0, 0.1) is 10.8 Å². The normalized spacial score (nSPS) is 18.5. The standard InChI is InChI=1S/C26H42O2/c1-8-24(3,4)19-22(25(5,6)9-2)20-13-15-21(16-14-20)23(27)28-26(7)17-11-10-12-18-26/h13-16,22H,8-12,17-19H2,1-7H3. The quantitative estimate of drug-likeness (QED) is 0.424. The number of benzene rings is 1. The summed E-state index contributed by atoms with van der Waals surface area (Å²) in [4.78, 5) is 12.7. The van der Waals surface area contributed by atoms with Crippen molar-refractivity contribution in [3.05, 3.63) is 35.4 Å². The van der Waals surface area contributed by atoms with E-state index >= 15 is 0 Å². The third-order valence-corrected chi connectivity index (χ3v) is 7.37. The minimum atomic E-state index is -0.286. The lowest BCUT2D eigenvalue weighted by Crippen LogP contribution is -2.33. The molecule has 0 aromatic heterocycles. The molecule has 0 bridgehead atoms. The maximum absolute atomic E-state index is 12.7. The molecule has 0 radical (unpaired) electrons. The number of rotatable bonds is 8. The summed E-state index contributed by atoms with van der Waals surface area (Å²) < 4.78 is 5.91. The van der Waals surface area contributed by atoms with Crippen LogP contribution in [0.3, 0.4) is 0 Å². The third-order valence-electron chi connectivity index (χ3n) is 7.37. The number of carbonyl (C=O) groups is 1. The number of ether oxygens (including phenoxy) is 1. The van der Waals surface area contributed by atoms with Crippen molar-refractivity contribution in [3.8, 4) is 0 Å². The van der Waals surface area contributed by atoms with E-state index < -0.39 is 0 Å². The fourth-order valence-corrected chi connectivity index (χ4v) is 4.32. The van der Waals surface area contributed by atoms with Gasteiger partial charge in [0.05, 0.1) is 5.56 Å². The Hall–Kier alpha value is -1.31. The summed E-state index contributed by atoms with van der Waals surface area (Å²) >= 11 is 0. The molecule has 0 aliphatic heterocycles. The molecule has 1 fully saturated rings. The van der Waals surface area contributed by atoms with Crippen LogP contribution in [0.5, 0.6) is 0 Å². The molecule has 2 heteroatoms. The summed E-state index contributed by atoms with van der Waals surface area (Å²) in [6.07, 6.45) is 9.00. The molecule has 0 heterocycles. The second kappa shape index (κ2) is 9.01. The maximum Gasteiger partial charge on any atom is 0.338 e. The Morgan fingerprint density at radius 2 is 1.57 bits per heavy atom. The largest absolute Gasteiger partial charge is 0.456 e. The Morgan fingerprint density at radius 3 is 2.07 bits per heavy atom. The van der Waals surface area contributed by atoms with Gasteiger partial charge in [-0.05, 0) is 73.5 Å². The first kappa shape index (κ1) is 23.0. The zero-order valence-electron chi connectivity index (χ0n) is 19.4. The smallest absolute Gasteiger partial charge is 0.338 e. The summed E-state index contributed by atoms with van der Waals surface area (Å²) in [5, 5.41) is 0. The Morgan fingerprint density at radius 1 is 1.00 bits per heavy atom. The molecule has 1 aromatic rings. The van der Waals surface area contributed by atoms with Crippen LogP contribution >= 0.6 is 0 Å². The molecule has 1 atom stereocenters. The predicted molar refractivity (Wildman–Crippen MR) is 119 cm³/mol. The van der Waals surface area contributed by atoms with Crippen LogP contribution in [0.2, 0.25) is 0 Å². The van der Waals surface area contributed by atoms with Gasteiger partial charge in [-0.25, -0.2) is 4.79 Å². The van der Waals surface area contributed by atoms with Crippen molar-refractivity contribution in [1.82, 2.24) is 0 Å². The van der Waals surface area contributed by atoms with Gasteiger partial charge >= 0.3 is 5.97 Å². The van der Waals surface area contributed by atoms with Gasteiger partial charge in [-0.1, -0.05) is 72.9 Å². The molecule has 0 N–H and O–H groups in total. The van der Waals surface area contributed by atoms with Crippen molar-refractivity contribution >= 4 is 5.97 Å². The first-order valence-corrected chi connectivity index (χ1v) is 11.4. The van der Waals surface area contributed by atoms with Gasteiger partial charge in [0.2, 0.25) is 0 Å². The van der Waals surface area contributed by atoms with Gasteiger partial charge in [0, 0.05) is 0 Å². The van der Waals surface area contributed by atoms with Crippen LogP contribution in [-0.2, 0) is 4.74 Å². The van der Waals surface area contributed by atoms with Gasteiger partial charge in [0.1, 0.15) is 5.60 Å². The molecule has 1 aromatic carbocycles. The maximum atomic E-state index is 12.7. The molecular weight excluding hydrogens is 344 g/mol. The predicted octanol–water partition coefficient (Wildman–Crippen LogP) is 7.91.